The smallest absolute Gasteiger partial charge is 0.306 e. The van der Waals surface area contributed by atoms with Gasteiger partial charge in [-0.2, -0.15) is 0 Å². The molecule has 0 bridgehead atoms. The maximum absolute atomic E-state index is 12.6. The number of rotatable bonds is 38. The first-order chi connectivity index (χ1) is 25.6. The summed E-state index contributed by atoms with van der Waals surface area (Å²) in [6.07, 6.45) is 40.3. The second-order valence-electron chi connectivity index (χ2n) is 15.6. The van der Waals surface area contributed by atoms with Gasteiger partial charge in [-0.25, -0.2) is 0 Å². The lowest BCUT2D eigenvalue weighted by atomic mass is 10.1. The number of carboxylic acids is 1. The van der Waals surface area contributed by atoms with Crippen molar-refractivity contribution in [3.05, 3.63) is 36.5 Å². The number of nitrogens with zero attached hydrogens (tertiary/aromatic N) is 1. The molecule has 0 radical (unpaired) electrons. The molecular formula is C45H81NO7. The van der Waals surface area contributed by atoms with Crippen molar-refractivity contribution in [1.82, 2.24) is 0 Å². The Morgan fingerprint density at radius 1 is 0.585 bits per heavy atom. The van der Waals surface area contributed by atoms with Crippen LogP contribution >= 0.6 is 0 Å². The van der Waals surface area contributed by atoms with E-state index in [2.05, 4.69) is 50.3 Å². The number of likely N-dealkylation sites (N-methyl/N-ethyl adjacent to an activating group) is 1. The Morgan fingerprint density at radius 2 is 1.06 bits per heavy atom. The number of ether oxygens (including phenoxy) is 3. The maximum atomic E-state index is 12.6. The lowest BCUT2D eigenvalue weighted by Crippen LogP contribution is -2.55. The van der Waals surface area contributed by atoms with Crippen LogP contribution in [0.3, 0.4) is 0 Å². The van der Waals surface area contributed by atoms with Crippen LogP contribution in [0.25, 0.3) is 0 Å². The molecule has 0 aromatic carbocycles. The van der Waals surface area contributed by atoms with E-state index in [1.807, 2.05) is 0 Å². The molecule has 0 aromatic heterocycles. The van der Waals surface area contributed by atoms with Gasteiger partial charge in [0, 0.05) is 19.3 Å². The average Bonchev–Trinajstić information content (AvgIpc) is 3.11. The van der Waals surface area contributed by atoms with Crippen LogP contribution in [0, 0.1) is 0 Å². The van der Waals surface area contributed by atoms with Crippen LogP contribution in [0.4, 0.5) is 0 Å². The Kier molecular flexibility index (Phi) is 34.8. The van der Waals surface area contributed by atoms with Gasteiger partial charge in [-0.15, -0.1) is 0 Å². The van der Waals surface area contributed by atoms with Crippen molar-refractivity contribution in [3.63, 3.8) is 0 Å². The van der Waals surface area contributed by atoms with E-state index in [0.717, 1.165) is 57.8 Å². The third kappa shape index (κ3) is 35.0. The number of esters is 2. The molecule has 0 aliphatic heterocycles. The first-order valence-electron chi connectivity index (χ1n) is 21.5. The summed E-state index contributed by atoms with van der Waals surface area (Å²) < 4.78 is 17.1. The van der Waals surface area contributed by atoms with Gasteiger partial charge in [0.2, 0.25) is 0 Å². The Bertz CT molecular complexity index is 968. The van der Waals surface area contributed by atoms with Gasteiger partial charge in [0.15, 0.2) is 6.10 Å². The Labute approximate surface area is 325 Å². The molecule has 8 nitrogen and oxygen atoms in total. The summed E-state index contributed by atoms with van der Waals surface area (Å²) in [5, 5.41) is 11.6. The predicted octanol–water partition coefficient (Wildman–Crippen LogP) is 10.1. The molecule has 53 heavy (non-hydrogen) atoms. The first-order valence-corrected chi connectivity index (χ1v) is 21.5. The minimum absolute atomic E-state index is 0.0418. The van der Waals surface area contributed by atoms with Crippen molar-refractivity contribution in [2.24, 2.45) is 0 Å². The number of hydrogen-bond donors (Lipinski definition) is 0. The monoisotopic (exact) mass is 748 g/mol. The number of allylic oxidation sites excluding steroid dienone is 6. The summed E-state index contributed by atoms with van der Waals surface area (Å²) in [5.41, 5.74) is 0. The number of unbranched alkanes of at least 4 members (excludes halogenated alkanes) is 18. The summed E-state index contributed by atoms with van der Waals surface area (Å²) in [4.78, 5) is 36.7. The Balaban J connectivity index is 4.23. The molecule has 0 heterocycles. The van der Waals surface area contributed by atoms with Gasteiger partial charge in [-0.3, -0.25) is 9.59 Å². The number of aliphatic carboxylic acids is 1. The molecule has 0 fully saturated rings. The van der Waals surface area contributed by atoms with Crippen LogP contribution in [0.2, 0.25) is 0 Å². The molecular weight excluding hydrogens is 666 g/mol. The van der Waals surface area contributed by atoms with E-state index in [1.54, 1.807) is 21.1 Å². The van der Waals surface area contributed by atoms with E-state index >= 15 is 0 Å². The van der Waals surface area contributed by atoms with E-state index in [1.165, 1.54) is 89.9 Å². The second-order valence-corrected chi connectivity index (χ2v) is 15.6. The third-order valence-corrected chi connectivity index (χ3v) is 9.54. The quantitative estimate of drug-likeness (QED) is 0.0268. The van der Waals surface area contributed by atoms with E-state index in [9.17, 15) is 19.5 Å². The number of carboxylic acid groups (broad SMARTS) is 1. The zero-order valence-electron chi connectivity index (χ0n) is 34.9. The van der Waals surface area contributed by atoms with Crippen LogP contribution in [0.1, 0.15) is 181 Å². The highest BCUT2D eigenvalue weighted by Crippen LogP contribution is 2.14. The normalized spacial score (nSPS) is 13.3. The summed E-state index contributed by atoms with van der Waals surface area (Å²) in [6, 6.07) is -0.723. The van der Waals surface area contributed by atoms with Crippen LogP contribution in [-0.4, -0.2) is 75.5 Å². The van der Waals surface area contributed by atoms with Crippen molar-refractivity contribution in [2.75, 3.05) is 41.0 Å². The second kappa shape index (κ2) is 36.5. The van der Waals surface area contributed by atoms with Gasteiger partial charge in [0.1, 0.15) is 12.6 Å². The molecule has 0 N–H and O–H groups in total. The fourth-order valence-corrected chi connectivity index (χ4v) is 6.20. The van der Waals surface area contributed by atoms with Gasteiger partial charge < -0.3 is 28.6 Å². The minimum Gasteiger partial charge on any atom is -0.544 e. The zero-order chi connectivity index (χ0) is 39.3. The van der Waals surface area contributed by atoms with Crippen LogP contribution in [-0.2, 0) is 28.6 Å². The van der Waals surface area contributed by atoms with Crippen LogP contribution < -0.4 is 5.11 Å². The predicted molar refractivity (Wildman–Crippen MR) is 217 cm³/mol. The first kappa shape index (κ1) is 50.5. The van der Waals surface area contributed by atoms with E-state index < -0.39 is 18.1 Å². The van der Waals surface area contributed by atoms with Crippen molar-refractivity contribution in [3.8, 4) is 0 Å². The maximum Gasteiger partial charge on any atom is 0.306 e. The van der Waals surface area contributed by atoms with Crippen molar-refractivity contribution < 1.29 is 38.2 Å². The lowest BCUT2D eigenvalue weighted by molar-refractivity contribution is -0.889. The molecule has 0 saturated heterocycles. The fraction of sp³-hybridized carbons (Fsp3) is 0.800. The standard InChI is InChI=1S/C45H81NO7/c1-6-8-10-12-14-16-17-18-19-20-21-22-23-24-25-26-28-29-31-33-35-43(47)52-40-41(39-51-38-37-42(45(49)50)46(3,4)5)53-44(48)36-34-32-30-27-15-13-11-9-7-2/h8,10,14,16,18-19,41-42H,6-7,9,11-13,15,17,20-40H2,1-5H3/b10-8+,16-14+,19-18+. The van der Waals surface area contributed by atoms with E-state index in [4.69, 9.17) is 14.2 Å². The van der Waals surface area contributed by atoms with Crippen LogP contribution in [0.5, 0.6) is 0 Å². The Hall–Kier alpha value is -2.45. The van der Waals surface area contributed by atoms with Crippen molar-refractivity contribution in [2.45, 2.75) is 193 Å². The summed E-state index contributed by atoms with van der Waals surface area (Å²) >= 11 is 0. The molecule has 0 aliphatic rings. The SMILES string of the molecule is CC/C=C/C/C=C/C/C=C/CCCCCCCCCCCCC(=O)OCC(COCCC(C(=O)[O-])[N+](C)(C)C)OC(=O)CCCCCCCCCCC. The number of carbonyl (C=O) groups excluding carboxylic acids is 3. The highest BCUT2D eigenvalue weighted by Gasteiger charge is 2.25. The van der Waals surface area contributed by atoms with Crippen LogP contribution in [0.15, 0.2) is 36.5 Å². The molecule has 0 spiro atoms. The largest absolute Gasteiger partial charge is 0.544 e. The highest BCUT2D eigenvalue weighted by atomic mass is 16.6. The molecule has 308 valence electrons. The average molecular weight is 748 g/mol. The third-order valence-electron chi connectivity index (χ3n) is 9.54. The topological polar surface area (TPSA) is 102 Å². The number of quaternary nitrogens is 1. The van der Waals surface area contributed by atoms with Gasteiger partial charge >= 0.3 is 11.9 Å². The summed E-state index contributed by atoms with van der Waals surface area (Å²) in [5.74, 6) is -1.74. The molecule has 0 amide bonds. The Morgan fingerprint density at radius 3 is 1.57 bits per heavy atom. The van der Waals surface area contributed by atoms with Crippen molar-refractivity contribution in [1.29, 1.82) is 0 Å². The lowest BCUT2D eigenvalue weighted by Gasteiger charge is -2.34. The molecule has 0 aliphatic carbocycles. The fourth-order valence-electron chi connectivity index (χ4n) is 6.20. The molecule has 8 heteroatoms. The molecule has 2 atom stereocenters. The van der Waals surface area contributed by atoms with Gasteiger partial charge in [-0.1, -0.05) is 153 Å². The van der Waals surface area contributed by atoms with Gasteiger partial charge in [-0.05, 0) is 44.9 Å². The van der Waals surface area contributed by atoms with Crippen molar-refractivity contribution >= 4 is 17.9 Å². The molecule has 0 aromatic rings. The summed E-state index contributed by atoms with van der Waals surface area (Å²) in [6.45, 7) is 4.53. The molecule has 2 unspecified atom stereocenters. The number of hydrogen-bond acceptors (Lipinski definition) is 7. The summed E-state index contributed by atoms with van der Waals surface area (Å²) in [7, 11) is 5.40. The van der Waals surface area contributed by atoms with Gasteiger partial charge in [0.05, 0.1) is 40.3 Å². The van der Waals surface area contributed by atoms with E-state index in [-0.39, 0.29) is 42.7 Å². The highest BCUT2D eigenvalue weighted by molar-refractivity contribution is 5.70. The van der Waals surface area contributed by atoms with Gasteiger partial charge in [0.25, 0.3) is 0 Å². The molecule has 0 rings (SSSR count). The molecule has 0 saturated carbocycles. The minimum atomic E-state index is -1.13. The van der Waals surface area contributed by atoms with E-state index in [0.29, 0.717) is 12.8 Å². The zero-order valence-corrected chi connectivity index (χ0v) is 34.9. The number of carbonyl (C=O) groups is 3.